The number of nitrogens with two attached hydrogens (primary N) is 1. The van der Waals surface area contributed by atoms with E-state index in [1.54, 1.807) is 25.1 Å². The molecule has 0 amide bonds. The summed E-state index contributed by atoms with van der Waals surface area (Å²) < 4.78 is 14.1. The fourth-order valence-electron chi connectivity index (χ4n) is 2.19. The average molecular weight is 280 g/mol. The molecule has 3 N–H and O–H groups in total. The first-order valence-electron chi connectivity index (χ1n) is 6.30. The Hall–Kier alpha value is -2.06. The van der Waals surface area contributed by atoms with E-state index in [9.17, 15) is 0 Å². The van der Waals surface area contributed by atoms with Crippen molar-refractivity contribution in [1.82, 2.24) is 25.0 Å². The SMILES string of the molecule is CCn1ncc(OC)c1C(NN)c1cc(OC)n(C)n1. The van der Waals surface area contributed by atoms with E-state index in [1.807, 2.05) is 24.7 Å². The second-order valence-corrected chi connectivity index (χ2v) is 4.25. The molecule has 2 aromatic heterocycles. The monoisotopic (exact) mass is 280 g/mol. The Morgan fingerprint density at radius 3 is 2.65 bits per heavy atom. The van der Waals surface area contributed by atoms with Crippen LogP contribution < -0.4 is 20.7 Å². The third-order valence-corrected chi connectivity index (χ3v) is 3.17. The minimum atomic E-state index is -0.331. The van der Waals surface area contributed by atoms with Gasteiger partial charge in [-0.15, -0.1) is 0 Å². The molecule has 0 fully saturated rings. The van der Waals surface area contributed by atoms with Gasteiger partial charge in [-0.05, 0) is 6.92 Å². The highest BCUT2D eigenvalue weighted by Crippen LogP contribution is 2.30. The van der Waals surface area contributed by atoms with Gasteiger partial charge >= 0.3 is 0 Å². The van der Waals surface area contributed by atoms with Gasteiger partial charge in [-0.25, -0.2) is 10.1 Å². The van der Waals surface area contributed by atoms with Crippen LogP contribution >= 0.6 is 0 Å². The van der Waals surface area contributed by atoms with Crippen molar-refractivity contribution in [1.29, 1.82) is 0 Å². The lowest BCUT2D eigenvalue weighted by Gasteiger charge is -2.16. The molecule has 2 rings (SSSR count). The van der Waals surface area contributed by atoms with Crippen molar-refractivity contribution < 1.29 is 9.47 Å². The molecule has 0 radical (unpaired) electrons. The third kappa shape index (κ3) is 2.35. The molecule has 8 heteroatoms. The van der Waals surface area contributed by atoms with E-state index in [1.165, 1.54) is 0 Å². The van der Waals surface area contributed by atoms with Crippen LogP contribution in [-0.2, 0) is 13.6 Å². The Morgan fingerprint density at radius 2 is 2.15 bits per heavy atom. The topological polar surface area (TPSA) is 92.1 Å². The number of rotatable bonds is 6. The fraction of sp³-hybridized carbons (Fsp3) is 0.500. The number of hydrazine groups is 1. The maximum atomic E-state index is 5.71. The second kappa shape index (κ2) is 5.93. The summed E-state index contributed by atoms with van der Waals surface area (Å²) >= 11 is 0. The Kier molecular flexibility index (Phi) is 4.26. The number of aryl methyl sites for hydroxylation is 2. The number of ether oxygens (including phenoxy) is 2. The highest BCUT2D eigenvalue weighted by molar-refractivity contribution is 5.35. The summed E-state index contributed by atoms with van der Waals surface area (Å²) in [5.41, 5.74) is 4.33. The van der Waals surface area contributed by atoms with Gasteiger partial charge < -0.3 is 9.47 Å². The lowest BCUT2D eigenvalue weighted by atomic mass is 10.1. The Labute approximate surface area is 117 Å². The number of methoxy groups -OCH3 is 2. The van der Waals surface area contributed by atoms with Crippen LogP contribution in [0.4, 0.5) is 0 Å². The Morgan fingerprint density at radius 1 is 1.40 bits per heavy atom. The minimum Gasteiger partial charge on any atom is -0.493 e. The van der Waals surface area contributed by atoms with Crippen LogP contribution in [0.3, 0.4) is 0 Å². The van der Waals surface area contributed by atoms with Crippen LogP contribution in [0.1, 0.15) is 24.4 Å². The molecular weight excluding hydrogens is 260 g/mol. The Balaban J connectivity index is 2.48. The zero-order valence-electron chi connectivity index (χ0n) is 12.1. The van der Waals surface area contributed by atoms with Gasteiger partial charge in [0.1, 0.15) is 11.7 Å². The van der Waals surface area contributed by atoms with Crippen molar-refractivity contribution in [2.24, 2.45) is 12.9 Å². The number of nitrogens with one attached hydrogen (secondary N) is 1. The zero-order valence-corrected chi connectivity index (χ0v) is 12.1. The van der Waals surface area contributed by atoms with Crippen molar-refractivity contribution >= 4 is 0 Å². The molecule has 0 aliphatic carbocycles. The van der Waals surface area contributed by atoms with Gasteiger partial charge in [0, 0.05) is 19.7 Å². The smallest absolute Gasteiger partial charge is 0.211 e. The molecule has 0 spiro atoms. The van der Waals surface area contributed by atoms with E-state index in [4.69, 9.17) is 15.3 Å². The van der Waals surface area contributed by atoms with Gasteiger partial charge in [0.05, 0.1) is 26.1 Å². The van der Waals surface area contributed by atoms with Gasteiger partial charge in [0.25, 0.3) is 0 Å². The van der Waals surface area contributed by atoms with E-state index in [0.717, 1.165) is 11.4 Å². The summed E-state index contributed by atoms with van der Waals surface area (Å²) in [4.78, 5) is 0. The lowest BCUT2D eigenvalue weighted by molar-refractivity contribution is 0.373. The van der Waals surface area contributed by atoms with Gasteiger partial charge in [-0.3, -0.25) is 10.5 Å². The van der Waals surface area contributed by atoms with Crippen LogP contribution in [0.2, 0.25) is 0 Å². The van der Waals surface area contributed by atoms with Crippen LogP contribution in [0, 0.1) is 0 Å². The van der Waals surface area contributed by atoms with E-state index in [2.05, 4.69) is 15.6 Å². The molecule has 20 heavy (non-hydrogen) atoms. The minimum absolute atomic E-state index is 0.331. The molecule has 0 aromatic carbocycles. The van der Waals surface area contributed by atoms with Crippen molar-refractivity contribution in [2.45, 2.75) is 19.5 Å². The first-order chi connectivity index (χ1) is 9.65. The maximum absolute atomic E-state index is 5.71. The molecule has 2 heterocycles. The predicted octanol–water partition coefficient (Wildman–Crippen LogP) is 0.206. The number of aromatic nitrogens is 4. The summed E-state index contributed by atoms with van der Waals surface area (Å²) in [5.74, 6) is 7.03. The van der Waals surface area contributed by atoms with Gasteiger partial charge in [0.2, 0.25) is 5.88 Å². The Bertz CT molecular complexity index is 555. The number of hydrogen-bond acceptors (Lipinski definition) is 6. The zero-order chi connectivity index (χ0) is 14.7. The molecule has 0 aliphatic rings. The molecule has 8 nitrogen and oxygen atoms in total. The first-order valence-corrected chi connectivity index (χ1v) is 6.30. The third-order valence-electron chi connectivity index (χ3n) is 3.17. The molecule has 0 aliphatic heterocycles. The summed E-state index contributed by atoms with van der Waals surface area (Å²) in [6.07, 6.45) is 1.67. The second-order valence-electron chi connectivity index (χ2n) is 4.25. The van der Waals surface area contributed by atoms with Crippen LogP contribution in [0.25, 0.3) is 0 Å². The normalized spacial score (nSPS) is 12.4. The van der Waals surface area contributed by atoms with Crippen LogP contribution in [0.5, 0.6) is 11.6 Å². The number of nitrogens with zero attached hydrogens (tertiary/aromatic N) is 4. The standard InChI is InChI=1S/C12H20N6O2/c1-5-18-12(9(19-3)7-14-18)11(15-13)8-6-10(20-4)17(2)16-8/h6-7,11,15H,5,13H2,1-4H3. The quantitative estimate of drug-likeness (QED) is 0.580. The summed E-state index contributed by atoms with van der Waals surface area (Å²) in [7, 11) is 5.01. The average Bonchev–Trinajstić information content (AvgIpc) is 3.03. The van der Waals surface area contributed by atoms with Crippen molar-refractivity contribution in [2.75, 3.05) is 14.2 Å². The van der Waals surface area contributed by atoms with Crippen molar-refractivity contribution in [3.05, 3.63) is 23.7 Å². The number of hydrogen-bond donors (Lipinski definition) is 2. The predicted molar refractivity (Wildman–Crippen MR) is 73.4 cm³/mol. The first kappa shape index (κ1) is 14.4. The molecule has 1 unspecified atom stereocenters. The molecule has 1 atom stereocenters. The van der Waals surface area contributed by atoms with E-state index in [0.29, 0.717) is 18.2 Å². The molecule has 2 aromatic rings. The van der Waals surface area contributed by atoms with Crippen molar-refractivity contribution in [3.8, 4) is 11.6 Å². The van der Waals surface area contributed by atoms with E-state index >= 15 is 0 Å². The molecule has 0 saturated heterocycles. The van der Waals surface area contributed by atoms with E-state index in [-0.39, 0.29) is 6.04 Å². The molecule has 0 bridgehead atoms. The van der Waals surface area contributed by atoms with E-state index < -0.39 is 0 Å². The van der Waals surface area contributed by atoms with Crippen LogP contribution in [0.15, 0.2) is 12.3 Å². The van der Waals surface area contributed by atoms with Gasteiger partial charge in [-0.1, -0.05) is 0 Å². The largest absolute Gasteiger partial charge is 0.493 e. The summed E-state index contributed by atoms with van der Waals surface area (Å²) in [5, 5.41) is 8.69. The van der Waals surface area contributed by atoms with Crippen LogP contribution in [-0.4, -0.2) is 33.8 Å². The van der Waals surface area contributed by atoms with Gasteiger partial charge in [0.15, 0.2) is 5.75 Å². The highest BCUT2D eigenvalue weighted by Gasteiger charge is 2.25. The molecule has 0 saturated carbocycles. The molecular formula is C12H20N6O2. The summed E-state index contributed by atoms with van der Waals surface area (Å²) in [6, 6.07) is 1.50. The summed E-state index contributed by atoms with van der Waals surface area (Å²) in [6.45, 7) is 2.71. The van der Waals surface area contributed by atoms with Gasteiger partial charge in [-0.2, -0.15) is 10.2 Å². The highest BCUT2D eigenvalue weighted by atomic mass is 16.5. The fourth-order valence-corrected chi connectivity index (χ4v) is 2.19. The lowest BCUT2D eigenvalue weighted by Crippen LogP contribution is -2.31. The van der Waals surface area contributed by atoms with Crippen molar-refractivity contribution in [3.63, 3.8) is 0 Å². The molecule has 110 valence electrons. The maximum Gasteiger partial charge on any atom is 0.211 e.